The van der Waals surface area contributed by atoms with Gasteiger partial charge in [0.15, 0.2) is 0 Å². The zero-order valence-electron chi connectivity index (χ0n) is 9.53. The second kappa shape index (κ2) is 6.01. The molecule has 0 amide bonds. The molecule has 0 radical (unpaired) electrons. The Morgan fingerprint density at radius 2 is 2.12 bits per heavy atom. The second-order valence-electron chi connectivity index (χ2n) is 4.42. The normalized spacial score (nSPS) is 19.2. The molecule has 94 valence electrons. The third-order valence-corrected chi connectivity index (χ3v) is 3.63. The zero-order chi connectivity index (χ0) is 12.3. The molecule has 1 atom stereocenters. The van der Waals surface area contributed by atoms with Gasteiger partial charge in [-0.1, -0.05) is 23.2 Å². The number of rotatable bonds is 3. The van der Waals surface area contributed by atoms with Gasteiger partial charge in [-0.25, -0.2) is 0 Å². The molecule has 0 aromatic carbocycles. The van der Waals surface area contributed by atoms with Crippen LogP contribution in [0.25, 0.3) is 0 Å². The first-order valence-corrected chi connectivity index (χ1v) is 6.56. The smallest absolute Gasteiger partial charge is 0.0758 e. The average Bonchev–Trinajstić information content (AvgIpc) is 2.30. The Hall–Kier alpha value is -0.350. The van der Waals surface area contributed by atoms with E-state index in [-0.39, 0.29) is 6.04 Å². The minimum absolute atomic E-state index is 0.122. The van der Waals surface area contributed by atoms with Crippen LogP contribution in [0.15, 0.2) is 12.3 Å². The first kappa shape index (κ1) is 13.1. The summed E-state index contributed by atoms with van der Waals surface area (Å²) in [4.78, 5) is 4.22. The molecule has 0 aliphatic carbocycles. The van der Waals surface area contributed by atoms with Crippen molar-refractivity contribution in [3.63, 3.8) is 0 Å². The van der Waals surface area contributed by atoms with Gasteiger partial charge in [0.05, 0.1) is 15.7 Å². The van der Waals surface area contributed by atoms with Crippen LogP contribution >= 0.6 is 23.2 Å². The van der Waals surface area contributed by atoms with Gasteiger partial charge in [0.2, 0.25) is 0 Å². The van der Waals surface area contributed by atoms with Crippen LogP contribution in [0.5, 0.6) is 0 Å². The van der Waals surface area contributed by atoms with Crippen molar-refractivity contribution < 1.29 is 4.74 Å². The Bertz CT molecular complexity index is 381. The van der Waals surface area contributed by atoms with Crippen LogP contribution in [-0.4, -0.2) is 18.2 Å². The van der Waals surface area contributed by atoms with E-state index >= 15 is 0 Å². The molecule has 1 aliphatic rings. The fraction of sp³-hybridized carbons (Fsp3) is 0.583. The number of halogens is 2. The van der Waals surface area contributed by atoms with Gasteiger partial charge in [0.25, 0.3) is 0 Å². The van der Waals surface area contributed by atoms with E-state index in [0.29, 0.717) is 16.0 Å². The van der Waals surface area contributed by atoms with E-state index in [1.165, 1.54) is 0 Å². The molecule has 0 spiro atoms. The van der Waals surface area contributed by atoms with Crippen LogP contribution < -0.4 is 5.73 Å². The SMILES string of the molecule is NC(CC1CCOCC1)c1ncc(Cl)cc1Cl. The van der Waals surface area contributed by atoms with Crippen LogP contribution in [0.4, 0.5) is 0 Å². The van der Waals surface area contributed by atoms with Crippen LogP contribution in [0.2, 0.25) is 10.0 Å². The van der Waals surface area contributed by atoms with Gasteiger partial charge in [-0.2, -0.15) is 0 Å². The molecular weight excluding hydrogens is 259 g/mol. The van der Waals surface area contributed by atoms with Crippen LogP contribution in [-0.2, 0) is 4.74 Å². The molecule has 1 fully saturated rings. The van der Waals surface area contributed by atoms with Gasteiger partial charge in [-0.05, 0) is 31.2 Å². The van der Waals surface area contributed by atoms with Crippen molar-refractivity contribution in [1.82, 2.24) is 4.98 Å². The van der Waals surface area contributed by atoms with E-state index in [1.807, 2.05) is 0 Å². The molecule has 17 heavy (non-hydrogen) atoms. The Labute approximate surface area is 111 Å². The van der Waals surface area contributed by atoms with E-state index in [2.05, 4.69) is 4.98 Å². The van der Waals surface area contributed by atoms with E-state index in [0.717, 1.165) is 38.2 Å². The molecule has 5 heteroatoms. The Kier molecular flexibility index (Phi) is 4.62. The summed E-state index contributed by atoms with van der Waals surface area (Å²) in [7, 11) is 0. The van der Waals surface area contributed by atoms with Gasteiger partial charge in [-0.15, -0.1) is 0 Å². The Morgan fingerprint density at radius 1 is 1.41 bits per heavy atom. The van der Waals surface area contributed by atoms with E-state index in [1.54, 1.807) is 12.3 Å². The molecule has 0 bridgehead atoms. The van der Waals surface area contributed by atoms with Crippen molar-refractivity contribution in [1.29, 1.82) is 0 Å². The van der Waals surface area contributed by atoms with Crippen LogP contribution in [0.1, 0.15) is 31.0 Å². The highest BCUT2D eigenvalue weighted by Crippen LogP contribution is 2.29. The topological polar surface area (TPSA) is 48.1 Å². The van der Waals surface area contributed by atoms with E-state index in [4.69, 9.17) is 33.7 Å². The third kappa shape index (κ3) is 3.55. The molecule has 0 saturated carbocycles. The quantitative estimate of drug-likeness (QED) is 0.921. The van der Waals surface area contributed by atoms with Gasteiger partial charge in [0.1, 0.15) is 0 Å². The molecule has 1 saturated heterocycles. The molecular formula is C12H16Cl2N2O. The fourth-order valence-corrected chi connectivity index (χ4v) is 2.67. The lowest BCUT2D eigenvalue weighted by Crippen LogP contribution is -2.22. The predicted molar refractivity (Wildman–Crippen MR) is 69.3 cm³/mol. The number of nitrogens with two attached hydrogens (primary N) is 1. The molecule has 1 aromatic rings. The lowest BCUT2D eigenvalue weighted by atomic mass is 9.91. The summed E-state index contributed by atoms with van der Waals surface area (Å²) in [6.45, 7) is 1.67. The number of hydrogen-bond donors (Lipinski definition) is 1. The highest BCUT2D eigenvalue weighted by molar-refractivity contribution is 6.34. The minimum Gasteiger partial charge on any atom is -0.381 e. The molecule has 2 rings (SSSR count). The van der Waals surface area contributed by atoms with Crippen LogP contribution in [0, 0.1) is 5.92 Å². The maximum atomic E-state index is 6.15. The van der Waals surface area contributed by atoms with Crippen molar-refractivity contribution in [2.75, 3.05) is 13.2 Å². The lowest BCUT2D eigenvalue weighted by molar-refractivity contribution is 0.0617. The van der Waals surface area contributed by atoms with Crippen molar-refractivity contribution in [2.45, 2.75) is 25.3 Å². The van der Waals surface area contributed by atoms with Gasteiger partial charge < -0.3 is 10.5 Å². The van der Waals surface area contributed by atoms with Crippen molar-refractivity contribution >= 4 is 23.2 Å². The molecule has 2 N–H and O–H groups in total. The number of ether oxygens (including phenoxy) is 1. The third-order valence-electron chi connectivity index (χ3n) is 3.12. The Balaban J connectivity index is 2.00. The maximum Gasteiger partial charge on any atom is 0.0758 e. The monoisotopic (exact) mass is 274 g/mol. The largest absolute Gasteiger partial charge is 0.381 e. The molecule has 1 aliphatic heterocycles. The Morgan fingerprint density at radius 3 is 2.76 bits per heavy atom. The highest BCUT2D eigenvalue weighted by Gasteiger charge is 2.20. The summed E-state index contributed by atoms with van der Waals surface area (Å²) in [6, 6.07) is 1.57. The average molecular weight is 275 g/mol. The van der Waals surface area contributed by atoms with Crippen molar-refractivity contribution in [3.8, 4) is 0 Å². The van der Waals surface area contributed by atoms with Gasteiger partial charge in [0, 0.05) is 25.5 Å². The maximum absolute atomic E-state index is 6.15. The number of aromatic nitrogens is 1. The number of hydrogen-bond acceptors (Lipinski definition) is 3. The summed E-state index contributed by atoms with van der Waals surface area (Å²) in [6.07, 6.45) is 4.63. The summed E-state index contributed by atoms with van der Waals surface area (Å²) in [5, 5.41) is 1.09. The fourth-order valence-electron chi connectivity index (χ4n) is 2.15. The van der Waals surface area contributed by atoms with E-state index < -0.39 is 0 Å². The molecule has 3 nitrogen and oxygen atoms in total. The summed E-state index contributed by atoms with van der Waals surface area (Å²) >= 11 is 11.9. The zero-order valence-corrected chi connectivity index (χ0v) is 11.0. The lowest BCUT2D eigenvalue weighted by Gasteiger charge is -2.24. The molecule has 2 heterocycles. The number of pyridine rings is 1. The number of nitrogens with zero attached hydrogens (tertiary/aromatic N) is 1. The van der Waals surface area contributed by atoms with E-state index in [9.17, 15) is 0 Å². The summed E-state index contributed by atoms with van der Waals surface area (Å²) < 4.78 is 5.33. The summed E-state index contributed by atoms with van der Waals surface area (Å²) in [5.74, 6) is 0.604. The standard InChI is InChI=1S/C12H16Cl2N2O/c13-9-6-10(14)12(16-7-9)11(15)5-8-1-3-17-4-2-8/h6-8,11H,1-5,15H2. The van der Waals surface area contributed by atoms with Crippen LogP contribution in [0.3, 0.4) is 0 Å². The first-order chi connectivity index (χ1) is 8.16. The molecule has 1 aromatic heterocycles. The van der Waals surface area contributed by atoms with Gasteiger partial charge >= 0.3 is 0 Å². The predicted octanol–water partition coefficient (Wildman–Crippen LogP) is 3.20. The summed E-state index contributed by atoms with van der Waals surface area (Å²) in [5.41, 5.74) is 6.88. The second-order valence-corrected chi connectivity index (χ2v) is 5.26. The molecule has 1 unspecified atom stereocenters. The first-order valence-electron chi connectivity index (χ1n) is 5.81. The van der Waals surface area contributed by atoms with Gasteiger partial charge in [-0.3, -0.25) is 4.98 Å². The van der Waals surface area contributed by atoms with Crippen molar-refractivity contribution in [3.05, 3.63) is 28.0 Å². The minimum atomic E-state index is -0.122. The van der Waals surface area contributed by atoms with Crippen molar-refractivity contribution in [2.24, 2.45) is 11.7 Å². The highest BCUT2D eigenvalue weighted by atomic mass is 35.5.